The molecule has 0 bridgehead atoms. The van der Waals surface area contributed by atoms with Crippen LogP contribution in [-0.4, -0.2) is 29.1 Å². The number of aromatic nitrogens is 2. The molecule has 2 N–H and O–H groups in total. The van der Waals surface area contributed by atoms with Crippen molar-refractivity contribution >= 4 is 5.95 Å². The summed E-state index contributed by atoms with van der Waals surface area (Å²) >= 11 is 0. The number of hydrogen-bond donors (Lipinski definition) is 1. The Morgan fingerprint density at radius 3 is 2.21 bits per heavy atom. The Hall–Kier alpha value is -1.94. The van der Waals surface area contributed by atoms with E-state index in [-0.39, 0.29) is 0 Å². The summed E-state index contributed by atoms with van der Waals surface area (Å²) in [5.41, 5.74) is 8.11. The van der Waals surface area contributed by atoms with Crippen LogP contribution in [0.1, 0.15) is 12.8 Å². The Kier molecular flexibility index (Phi) is 3.42. The minimum absolute atomic E-state index is 0.333. The third-order valence-electron chi connectivity index (χ3n) is 3.57. The second kappa shape index (κ2) is 5.36. The van der Waals surface area contributed by atoms with Gasteiger partial charge in [0.25, 0.3) is 0 Å². The van der Waals surface area contributed by atoms with E-state index in [0.717, 1.165) is 43.0 Å². The second-order valence-electron chi connectivity index (χ2n) is 4.96. The molecular formula is C15H18N4. The van der Waals surface area contributed by atoms with Crippen LogP contribution >= 0.6 is 0 Å². The quantitative estimate of drug-likeness (QED) is 0.891. The van der Waals surface area contributed by atoms with E-state index in [1.807, 2.05) is 30.6 Å². The monoisotopic (exact) mass is 254 g/mol. The lowest BCUT2D eigenvalue weighted by Crippen LogP contribution is -2.40. The van der Waals surface area contributed by atoms with Gasteiger partial charge < -0.3 is 10.6 Å². The summed E-state index contributed by atoms with van der Waals surface area (Å²) in [5, 5.41) is 0. The van der Waals surface area contributed by atoms with Gasteiger partial charge in [0, 0.05) is 37.1 Å². The fourth-order valence-electron chi connectivity index (χ4n) is 2.36. The summed E-state index contributed by atoms with van der Waals surface area (Å²) in [5.74, 6) is 0.812. The predicted molar refractivity (Wildman–Crippen MR) is 76.9 cm³/mol. The van der Waals surface area contributed by atoms with Gasteiger partial charge in [-0.2, -0.15) is 0 Å². The lowest BCUT2D eigenvalue weighted by molar-refractivity contribution is 0.495. The average Bonchev–Trinajstić information content (AvgIpc) is 2.49. The molecule has 1 fully saturated rings. The van der Waals surface area contributed by atoms with E-state index in [0.29, 0.717) is 6.04 Å². The molecular weight excluding hydrogens is 236 g/mol. The first-order valence-corrected chi connectivity index (χ1v) is 6.71. The molecule has 0 unspecified atom stereocenters. The van der Waals surface area contributed by atoms with E-state index in [9.17, 15) is 0 Å². The topological polar surface area (TPSA) is 55.0 Å². The highest BCUT2D eigenvalue weighted by molar-refractivity contribution is 5.61. The number of nitrogens with zero attached hydrogens (tertiary/aromatic N) is 3. The molecule has 4 heteroatoms. The Bertz CT molecular complexity index is 516. The smallest absolute Gasteiger partial charge is 0.225 e. The molecule has 0 atom stereocenters. The van der Waals surface area contributed by atoms with Gasteiger partial charge >= 0.3 is 0 Å². The van der Waals surface area contributed by atoms with E-state index in [4.69, 9.17) is 5.73 Å². The van der Waals surface area contributed by atoms with Crippen molar-refractivity contribution in [3.05, 3.63) is 42.7 Å². The Morgan fingerprint density at radius 2 is 1.58 bits per heavy atom. The van der Waals surface area contributed by atoms with Crippen molar-refractivity contribution < 1.29 is 0 Å². The van der Waals surface area contributed by atoms with Crippen LogP contribution < -0.4 is 10.6 Å². The van der Waals surface area contributed by atoms with E-state index in [1.165, 1.54) is 0 Å². The molecule has 0 amide bonds. The zero-order valence-electron chi connectivity index (χ0n) is 10.9. The fraction of sp³-hybridized carbons (Fsp3) is 0.333. The largest absolute Gasteiger partial charge is 0.341 e. The predicted octanol–water partition coefficient (Wildman–Crippen LogP) is 2.07. The van der Waals surface area contributed by atoms with Gasteiger partial charge in [0.2, 0.25) is 5.95 Å². The van der Waals surface area contributed by atoms with Crippen molar-refractivity contribution in [2.75, 3.05) is 18.0 Å². The lowest BCUT2D eigenvalue weighted by atomic mass is 10.1. The number of anilines is 1. The molecule has 1 saturated heterocycles. The number of benzene rings is 1. The average molecular weight is 254 g/mol. The minimum Gasteiger partial charge on any atom is -0.341 e. The molecule has 2 aromatic rings. The van der Waals surface area contributed by atoms with Gasteiger partial charge in [0.1, 0.15) is 0 Å². The molecule has 1 aromatic heterocycles. The van der Waals surface area contributed by atoms with Crippen LogP contribution in [0.15, 0.2) is 42.7 Å². The molecule has 98 valence electrons. The van der Waals surface area contributed by atoms with Crippen LogP contribution in [0.25, 0.3) is 11.1 Å². The fourth-order valence-corrected chi connectivity index (χ4v) is 2.36. The van der Waals surface area contributed by atoms with Crippen LogP contribution in [0.5, 0.6) is 0 Å². The van der Waals surface area contributed by atoms with E-state index >= 15 is 0 Å². The first kappa shape index (κ1) is 12.1. The number of hydrogen-bond acceptors (Lipinski definition) is 4. The molecule has 0 radical (unpaired) electrons. The summed E-state index contributed by atoms with van der Waals surface area (Å²) in [6.45, 7) is 1.90. The summed E-state index contributed by atoms with van der Waals surface area (Å²) < 4.78 is 0. The van der Waals surface area contributed by atoms with E-state index in [2.05, 4.69) is 27.0 Å². The third-order valence-corrected chi connectivity index (χ3v) is 3.57. The molecule has 19 heavy (non-hydrogen) atoms. The molecule has 0 aliphatic carbocycles. The molecule has 4 nitrogen and oxygen atoms in total. The maximum atomic E-state index is 5.91. The number of piperidine rings is 1. The molecule has 1 aliphatic heterocycles. The summed E-state index contributed by atoms with van der Waals surface area (Å²) in [6, 6.07) is 10.5. The molecule has 3 rings (SSSR count). The molecule has 0 saturated carbocycles. The maximum absolute atomic E-state index is 5.91. The summed E-state index contributed by atoms with van der Waals surface area (Å²) in [7, 11) is 0. The van der Waals surface area contributed by atoms with Crippen LogP contribution in [-0.2, 0) is 0 Å². The third kappa shape index (κ3) is 2.74. The zero-order valence-corrected chi connectivity index (χ0v) is 10.9. The Labute approximate surface area is 113 Å². The van der Waals surface area contributed by atoms with Gasteiger partial charge in [-0.15, -0.1) is 0 Å². The normalized spacial score (nSPS) is 16.6. The second-order valence-corrected chi connectivity index (χ2v) is 4.96. The Morgan fingerprint density at radius 1 is 0.947 bits per heavy atom. The van der Waals surface area contributed by atoms with Gasteiger partial charge in [0.05, 0.1) is 0 Å². The van der Waals surface area contributed by atoms with Gasteiger partial charge in [-0.1, -0.05) is 30.3 Å². The molecule has 0 spiro atoms. The SMILES string of the molecule is NC1CCN(c2ncc(-c3ccccc3)cn2)CC1. The highest BCUT2D eigenvalue weighted by Crippen LogP contribution is 2.20. The minimum atomic E-state index is 0.333. The standard InChI is InChI=1S/C15H18N4/c16-14-6-8-19(9-7-14)15-17-10-13(11-18-15)12-4-2-1-3-5-12/h1-5,10-11,14H,6-9,16H2. The first-order valence-electron chi connectivity index (χ1n) is 6.71. The summed E-state index contributed by atoms with van der Waals surface area (Å²) in [6.07, 6.45) is 5.83. The van der Waals surface area contributed by atoms with E-state index < -0.39 is 0 Å². The maximum Gasteiger partial charge on any atom is 0.225 e. The molecule has 1 aromatic carbocycles. The van der Waals surface area contributed by atoms with Gasteiger partial charge in [0.15, 0.2) is 0 Å². The van der Waals surface area contributed by atoms with Crippen molar-refractivity contribution in [1.29, 1.82) is 0 Å². The van der Waals surface area contributed by atoms with Crippen LogP contribution in [0.4, 0.5) is 5.95 Å². The van der Waals surface area contributed by atoms with Crippen LogP contribution in [0.2, 0.25) is 0 Å². The van der Waals surface area contributed by atoms with Crippen molar-refractivity contribution in [2.45, 2.75) is 18.9 Å². The van der Waals surface area contributed by atoms with Crippen molar-refractivity contribution in [3.63, 3.8) is 0 Å². The van der Waals surface area contributed by atoms with Crippen molar-refractivity contribution in [3.8, 4) is 11.1 Å². The van der Waals surface area contributed by atoms with E-state index in [1.54, 1.807) is 0 Å². The number of rotatable bonds is 2. The van der Waals surface area contributed by atoms with Crippen molar-refractivity contribution in [2.24, 2.45) is 5.73 Å². The first-order chi connectivity index (χ1) is 9.33. The van der Waals surface area contributed by atoms with Gasteiger partial charge in [-0.25, -0.2) is 9.97 Å². The van der Waals surface area contributed by atoms with Crippen LogP contribution in [0.3, 0.4) is 0 Å². The molecule has 1 aliphatic rings. The van der Waals surface area contributed by atoms with Gasteiger partial charge in [-0.3, -0.25) is 0 Å². The zero-order chi connectivity index (χ0) is 13.1. The Balaban J connectivity index is 1.76. The molecule has 2 heterocycles. The number of nitrogens with two attached hydrogens (primary N) is 1. The van der Waals surface area contributed by atoms with Gasteiger partial charge in [-0.05, 0) is 18.4 Å². The van der Waals surface area contributed by atoms with Crippen LogP contribution in [0, 0.1) is 0 Å². The summed E-state index contributed by atoms with van der Waals surface area (Å²) in [4.78, 5) is 11.2. The highest BCUT2D eigenvalue weighted by atomic mass is 15.2. The van der Waals surface area contributed by atoms with Crippen molar-refractivity contribution in [1.82, 2.24) is 9.97 Å². The lowest BCUT2D eigenvalue weighted by Gasteiger charge is -2.30. The highest BCUT2D eigenvalue weighted by Gasteiger charge is 2.17.